The first-order chi connectivity index (χ1) is 12.0. The van der Waals surface area contributed by atoms with Crippen LogP contribution < -0.4 is 11.1 Å². The molecule has 130 valence electrons. The molecule has 0 fully saturated rings. The standard InChI is InChI=1S/C17H19FN6O/c1-10-14(11(2)24-17(20-10)22-15(9-19)23-24)7-8-16(25)21-13-5-3-12(18)4-6-13/h3-6H,7-9,19H2,1-2H3,(H,21,25). The minimum absolute atomic E-state index is 0.147. The number of aryl methyl sites for hydroxylation is 2. The van der Waals surface area contributed by atoms with Crippen molar-refractivity contribution < 1.29 is 9.18 Å². The molecule has 0 bridgehead atoms. The summed E-state index contributed by atoms with van der Waals surface area (Å²) in [5, 5.41) is 7.07. The number of benzene rings is 1. The fourth-order valence-corrected chi connectivity index (χ4v) is 2.69. The van der Waals surface area contributed by atoms with Crippen molar-refractivity contribution in [2.45, 2.75) is 33.2 Å². The van der Waals surface area contributed by atoms with Crippen LogP contribution in [-0.2, 0) is 17.8 Å². The Bertz CT molecular complexity index is 919. The number of anilines is 1. The maximum atomic E-state index is 12.9. The Balaban J connectivity index is 1.74. The Labute approximate surface area is 144 Å². The van der Waals surface area contributed by atoms with Crippen LogP contribution in [0.5, 0.6) is 0 Å². The second-order valence-electron chi connectivity index (χ2n) is 5.76. The number of nitrogens with one attached hydrogen (secondary N) is 1. The number of hydrogen-bond donors (Lipinski definition) is 2. The van der Waals surface area contributed by atoms with E-state index in [0.717, 1.165) is 17.0 Å². The van der Waals surface area contributed by atoms with E-state index in [1.807, 2.05) is 13.8 Å². The van der Waals surface area contributed by atoms with Gasteiger partial charge in [-0.25, -0.2) is 13.9 Å². The maximum absolute atomic E-state index is 12.9. The van der Waals surface area contributed by atoms with Crippen molar-refractivity contribution in [3.8, 4) is 0 Å². The highest BCUT2D eigenvalue weighted by Crippen LogP contribution is 2.16. The topological polar surface area (TPSA) is 98.2 Å². The summed E-state index contributed by atoms with van der Waals surface area (Å²) in [5.41, 5.74) is 8.81. The fourth-order valence-electron chi connectivity index (χ4n) is 2.69. The highest BCUT2D eigenvalue weighted by molar-refractivity contribution is 5.90. The number of nitrogens with two attached hydrogens (primary N) is 1. The molecule has 1 amide bonds. The van der Waals surface area contributed by atoms with Crippen molar-refractivity contribution in [2.24, 2.45) is 5.73 Å². The molecular formula is C17H19FN6O. The number of carbonyl (C=O) groups excluding carboxylic acids is 1. The van der Waals surface area contributed by atoms with Gasteiger partial charge in [0.05, 0.1) is 6.54 Å². The van der Waals surface area contributed by atoms with Crippen LogP contribution in [0, 0.1) is 19.7 Å². The van der Waals surface area contributed by atoms with E-state index in [1.54, 1.807) is 4.52 Å². The van der Waals surface area contributed by atoms with E-state index < -0.39 is 0 Å². The SMILES string of the molecule is Cc1nc2nc(CN)nn2c(C)c1CCC(=O)Nc1ccc(F)cc1. The van der Waals surface area contributed by atoms with E-state index in [9.17, 15) is 9.18 Å². The van der Waals surface area contributed by atoms with E-state index >= 15 is 0 Å². The number of carbonyl (C=O) groups is 1. The summed E-state index contributed by atoms with van der Waals surface area (Å²) in [6.07, 6.45) is 0.802. The molecule has 1 aromatic carbocycles. The molecule has 0 unspecified atom stereocenters. The van der Waals surface area contributed by atoms with E-state index in [0.29, 0.717) is 23.7 Å². The zero-order valence-corrected chi connectivity index (χ0v) is 14.1. The number of nitrogens with zero attached hydrogens (tertiary/aromatic N) is 4. The summed E-state index contributed by atoms with van der Waals surface area (Å²) in [6.45, 7) is 4.05. The first-order valence-corrected chi connectivity index (χ1v) is 7.95. The van der Waals surface area contributed by atoms with Gasteiger partial charge < -0.3 is 11.1 Å². The lowest BCUT2D eigenvalue weighted by Gasteiger charge is -2.10. The van der Waals surface area contributed by atoms with Gasteiger partial charge in [-0.1, -0.05) is 0 Å². The van der Waals surface area contributed by atoms with Gasteiger partial charge in [-0.2, -0.15) is 4.98 Å². The summed E-state index contributed by atoms with van der Waals surface area (Å²) >= 11 is 0. The van der Waals surface area contributed by atoms with Gasteiger partial charge in [0.25, 0.3) is 5.78 Å². The molecule has 0 spiro atoms. The molecule has 25 heavy (non-hydrogen) atoms. The largest absolute Gasteiger partial charge is 0.326 e. The molecule has 3 rings (SSSR count). The highest BCUT2D eigenvalue weighted by atomic mass is 19.1. The number of aromatic nitrogens is 4. The maximum Gasteiger partial charge on any atom is 0.252 e. The number of rotatable bonds is 5. The van der Waals surface area contributed by atoms with Gasteiger partial charge >= 0.3 is 0 Å². The van der Waals surface area contributed by atoms with Gasteiger partial charge in [0.2, 0.25) is 5.91 Å². The molecule has 0 aliphatic heterocycles. The Morgan fingerprint density at radius 2 is 1.96 bits per heavy atom. The minimum Gasteiger partial charge on any atom is -0.326 e. The average Bonchev–Trinajstić information content (AvgIpc) is 3.00. The zero-order valence-electron chi connectivity index (χ0n) is 14.1. The van der Waals surface area contributed by atoms with E-state index in [-0.39, 0.29) is 24.7 Å². The summed E-state index contributed by atoms with van der Waals surface area (Å²) in [5.74, 6) is 0.552. The molecular weight excluding hydrogens is 323 g/mol. The van der Waals surface area contributed by atoms with Gasteiger partial charge in [-0.05, 0) is 50.1 Å². The molecule has 0 saturated carbocycles. The van der Waals surface area contributed by atoms with E-state index in [2.05, 4.69) is 20.4 Å². The van der Waals surface area contributed by atoms with Crippen LogP contribution in [0.3, 0.4) is 0 Å². The number of fused-ring (bicyclic) bond motifs is 1. The molecule has 0 saturated heterocycles. The molecule has 0 atom stereocenters. The molecule has 0 aliphatic carbocycles. The monoisotopic (exact) mass is 342 g/mol. The summed E-state index contributed by atoms with van der Waals surface area (Å²) < 4.78 is 14.6. The van der Waals surface area contributed by atoms with Crippen LogP contribution in [0.1, 0.15) is 29.2 Å². The first-order valence-electron chi connectivity index (χ1n) is 7.95. The fraction of sp³-hybridized carbons (Fsp3) is 0.294. The van der Waals surface area contributed by atoms with Crippen molar-refractivity contribution in [2.75, 3.05) is 5.32 Å². The van der Waals surface area contributed by atoms with Crippen molar-refractivity contribution in [1.82, 2.24) is 19.6 Å². The van der Waals surface area contributed by atoms with Crippen LogP contribution in [0.4, 0.5) is 10.1 Å². The normalized spacial score (nSPS) is 11.0. The number of hydrogen-bond acceptors (Lipinski definition) is 5. The lowest BCUT2D eigenvalue weighted by atomic mass is 10.1. The lowest BCUT2D eigenvalue weighted by Crippen LogP contribution is -2.14. The first kappa shape index (κ1) is 17.0. The van der Waals surface area contributed by atoms with Crippen LogP contribution >= 0.6 is 0 Å². The van der Waals surface area contributed by atoms with Crippen molar-refractivity contribution in [1.29, 1.82) is 0 Å². The molecule has 3 N–H and O–H groups in total. The predicted molar refractivity (Wildman–Crippen MR) is 91.5 cm³/mol. The third-order valence-electron chi connectivity index (χ3n) is 4.01. The summed E-state index contributed by atoms with van der Waals surface area (Å²) in [6, 6.07) is 5.67. The number of halogens is 1. The van der Waals surface area contributed by atoms with Gasteiger partial charge in [0.15, 0.2) is 5.82 Å². The third-order valence-corrected chi connectivity index (χ3v) is 4.01. The Morgan fingerprint density at radius 3 is 2.64 bits per heavy atom. The smallest absolute Gasteiger partial charge is 0.252 e. The molecule has 0 aliphatic rings. The second kappa shape index (κ2) is 6.94. The van der Waals surface area contributed by atoms with Crippen molar-refractivity contribution >= 4 is 17.4 Å². The molecule has 7 nitrogen and oxygen atoms in total. The Morgan fingerprint density at radius 1 is 1.24 bits per heavy atom. The summed E-state index contributed by atoms with van der Waals surface area (Å²) in [4.78, 5) is 20.8. The molecule has 0 radical (unpaired) electrons. The van der Waals surface area contributed by atoms with Crippen LogP contribution in [-0.4, -0.2) is 25.5 Å². The number of amides is 1. The van der Waals surface area contributed by atoms with Crippen LogP contribution in [0.2, 0.25) is 0 Å². The molecule has 3 aromatic rings. The highest BCUT2D eigenvalue weighted by Gasteiger charge is 2.14. The van der Waals surface area contributed by atoms with Crippen molar-refractivity contribution in [3.63, 3.8) is 0 Å². The van der Waals surface area contributed by atoms with Crippen LogP contribution in [0.15, 0.2) is 24.3 Å². The average molecular weight is 342 g/mol. The zero-order chi connectivity index (χ0) is 18.0. The second-order valence-corrected chi connectivity index (χ2v) is 5.76. The van der Waals surface area contributed by atoms with Gasteiger partial charge in [0, 0.05) is 23.5 Å². The predicted octanol–water partition coefficient (Wildman–Crippen LogP) is 1.91. The quantitative estimate of drug-likeness (QED) is 0.738. The Hall–Kier alpha value is -2.87. The third kappa shape index (κ3) is 3.63. The Kier molecular flexibility index (Phi) is 4.71. The molecule has 2 aromatic heterocycles. The van der Waals surface area contributed by atoms with E-state index in [1.165, 1.54) is 24.3 Å². The van der Waals surface area contributed by atoms with E-state index in [4.69, 9.17) is 5.73 Å². The van der Waals surface area contributed by atoms with Gasteiger partial charge in [-0.3, -0.25) is 4.79 Å². The van der Waals surface area contributed by atoms with Gasteiger partial charge in [-0.15, -0.1) is 5.10 Å². The van der Waals surface area contributed by atoms with Gasteiger partial charge in [0.1, 0.15) is 5.82 Å². The van der Waals surface area contributed by atoms with Crippen LogP contribution in [0.25, 0.3) is 5.78 Å². The lowest BCUT2D eigenvalue weighted by molar-refractivity contribution is -0.116. The van der Waals surface area contributed by atoms with Crippen molar-refractivity contribution in [3.05, 3.63) is 52.9 Å². The minimum atomic E-state index is -0.340. The molecule has 2 heterocycles. The molecule has 8 heteroatoms. The summed E-state index contributed by atoms with van der Waals surface area (Å²) in [7, 11) is 0.